The third-order valence-corrected chi connectivity index (χ3v) is 4.84. The van der Waals surface area contributed by atoms with E-state index >= 15 is 0 Å². The van der Waals surface area contributed by atoms with Crippen LogP contribution in [0, 0.1) is 5.92 Å². The molecule has 0 bridgehead atoms. The number of ketones is 1. The van der Waals surface area contributed by atoms with Gasteiger partial charge >= 0.3 is 5.97 Å². The van der Waals surface area contributed by atoms with Gasteiger partial charge in [-0.25, -0.2) is 4.79 Å². The minimum atomic E-state index is -0.415. The third-order valence-electron chi connectivity index (χ3n) is 4.84. The lowest BCUT2D eigenvalue weighted by atomic mass is 9.75. The zero-order chi connectivity index (χ0) is 18.0. The Balaban J connectivity index is 1.62. The first kappa shape index (κ1) is 17.7. The molecule has 6 nitrogen and oxygen atoms in total. The lowest BCUT2D eigenvalue weighted by Gasteiger charge is -2.30. The monoisotopic (exact) mass is 347 g/mol. The van der Waals surface area contributed by atoms with Gasteiger partial charge in [0.2, 0.25) is 0 Å². The minimum Gasteiger partial charge on any atom is -0.469 e. The molecule has 3 unspecified atom stereocenters. The molecular formula is C19H25NO5. The molecule has 1 aliphatic carbocycles. The van der Waals surface area contributed by atoms with E-state index in [0.717, 1.165) is 17.8 Å². The summed E-state index contributed by atoms with van der Waals surface area (Å²) in [6, 6.07) is 3.66. The smallest absolute Gasteiger partial charge is 0.354 e. The topological polar surface area (TPSA) is 77.8 Å². The zero-order valence-corrected chi connectivity index (χ0v) is 14.9. The highest BCUT2D eigenvalue weighted by Crippen LogP contribution is 2.41. The number of esters is 1. The largest absolute Gasteiger partial charge is 0.469 e. The molecule has 6 heteroatoms. The quantitative estimate of drug-likeness (QED) is 0.629. The molecule has 0 saturated heterocycles. The molecule has 2 heterocycles. The lowest BCUT2D eigenvalue weighted by molar-refractivity contribution is -0.141. The molecule has 0 amide bonds. The van der Waals surface area contributed by atoms with Gasteiger partial charge in [0, 0.05) is 18.4 Å². The van der Waals surface area contributed by atoms with Crippen molar-refractivity contribution in [2.24, 2.45) is 5.92 Å². The van der Waals surface area contributed by atoms with Crippen molar-refractivity contribution in [3.8, 4) is 0 Å². The Kier molecular flexibility index (Phi) is 5.27. The van der Waals surface area contributed by atoms with Gasteiger partial charge in [-0.05, 0) is 44.9 Å². The van der Waals surface area contributed by atoms with Crippen LogP contribution in [0.1, 0.15) is 45.3 Å². The van der Waals surface area contributed by atoms with Crippen LogP contribution in [0.15, 0.2) is 34.1 Å². The van der Waals surface area contributed by atoms with Crippen LogP contribution < -0.4 is 5.32 Å². The normalized spacial score (nSPS) is 25.9. The fraction of sp³-hybridized carbons (Fsp3) is 0.579. The first-order valence-corrected chi connectivity index (χ1v) is 8.79. The summed E-state index contributed by atoms with van der Waals surface area (Å²) >= 11 is 0. The number of fused-ring (bicyclic) bond motifs is 1. The molecule has 2 aliphatic rings. The van der Waals surface area contributed by atoms with E-state index in [2.05, 4.69) is 5.32 Å². The van der Waals surface area contributed by atoms with Crippen LogP contribution in [-0.2, 0) is 19.1 Å². The molecule has 1 aromatic heterocycles. The maximum absolute atomic E-state index is 12.6. The number of carbonyl (C=O) groups is 2. The summed E-state index contributed by atoms with van der Waals surface area (Å²) in [7, 11) is 0. The van der Waals surface area contributed by atoms with E-state index in [1.807, 2.05) is 32.9 Å². The molecule has 1 aromatic rings. The van der Waals surface area contributed by atoms with Gasteiger partial charge in [0.05, 0.1) is 24.9 Å². The molecule has 3 atom stereocenters. The third kappa shape index (κ3) is 3.79. The van der Waals surface area contributed by atoms with Crippen LogP contribution in [0.3, 0.4) is 0 Å². The summed E-state index contributed by atoms with van der Waals surface area (Å²) in [4.78, 5) is 24.9. The van der Waals surface area contributed by atoms with E-state index in [1.54, 1.807) is 6.26 Å². The number of carbonyl (C=O) groups excluding carboxylic acids is 2. The summed E-state index contributed by atoms with van der Waals surface area (Å²) in [6.07, 6.45) is 2.93. The van der Waals surface area contributed by atoms with Crippen molar-refractivity contribution in [1.29, 1.82) is 0 Å². The van der Waals surface area contributed by atoms with Crippen LogP contribution in [0.25, 0.3) is 0 Å². The Bertz CT molecular complexity index is 661. The summed E-state index contributed by atoms with van der Waals surface area (Å²) in [5.41, 5.74) is 1.20. The van der Waals surface area contributed by atoms with Crippen molar-refractivity contribution >= 4 is 11.8 Å². The molecule has 136 valence electrons. The van der Waals surface area contributed by atoms with Crippen LogP contribution in [0.5, 0.6) is 0 Å². The van der Waals surface area contributed by atoms with Gasteiger partial charge in [-0.2, -0.15) is 0 Å². The number of Topliss-reactive ketones (excluding diaryl/α,β-unsaturated/α-hetero) is 1. The summed E-state index contributed by atoms with van der Waals surface area (Å²) in [6.45, 7) is 6.26. The Hall–Kier alpha value is -2.08. The molecule has 1 fully saturated rings. The second-order valence-corrected chi connectivity index (χ2v) is 6.96. The van der Waals surface area contributed by atoms with Gasteiger partial charge < -0.3 is 19.2 Å². The average molecular weight is 347 g/mol. The van der Waals surface area contributed by atoms with Crippen molar-refractivity contribution < 1.29 is 23.5 Å². The van der Waals surface area contributed by atoms with Gasteiger partial charge in [-0.3, -0.25) is 4.79 Å². The lowest BCUT2D eigenvalue weighted by Crippen LogP contribution is -2.40. The predicted octanol–water partition coefficient (Wildman–Crippen LogP) is 2.56. The summed E-state index contributed by atoms with van der Waals surface area (Å²) in [5, 5.41) is 3.22. The highest BCUT2D eigenvalue weighted by Gasteiger charge is 2.45. The second kappa shape index (κ2) is 7.44. The van der Waals surface area contributed by atoms with E-state index in [9.17, 15) is 9.59 Å². The van der Waals surface area contributed by atoms with Crippen molar-refractivity contribution in [3.05, 3.63) is 35.4 Å². The SMILES string of the molecule is CC1=C(C(=O)OCCOC(C)C)NC2CC(c3ccco3)CC(=O)C12. The number of hydrogen-bond acceptors (Lipinski definition) is 6. The molecule has 25 heavy (non-hydrogen) atoms. The van der Waals surface area contributed by atoms with Gasteiger partial charge in [-0.1, -0.05) is 0 Å². The number of hydrogen-bond donors (Lipinski definition) is 1. The second-order valence-electron chi connectivity index (χ2n) is 6.96. The molecule has 1 N–H and O–H groups in total. The maximum Gasteiger partial charge on any atom is 0.354 e. The van der Waals surface area contributed by atoms with Gasteiger partial charge in [-0.15, -0.1) is 0 Å². The zero-order valence-electron chi connectivity index (χ0n) is 14.9. The van der Waals surface area contributed by atoms with E-state index in [4.69, 9.17) is 13.9 Å². The first-order chi connectivity index (χ1) is 12.0. The Labute approximate surface area is 147 Å². The van der Waals surface area contributed by atoms with Crippen LogP contribution >= 0.6 is 0 Å². The van der Waals surface area contributed by atoms with E-state index in [0.29, 0.717) is 18.7 Å². The first-order valence-electron chi connectivity index (χ1n) is 8.79. The van der Waals surface area contributed by atoms with E-state index in [-0.39, 0.29) is 36.4 Å². The van der Waals surface area contributed by atoms with Crippen molar-refractivity contribution in [2.45, 2.75) is 51.7 Å². The molecule has 0 aromatic carbocycles. The van der Waals surface area contributed by atoms with Crippen molar-refractivity contribution in [3.63, 3.8) is 0 Å². The maximum atomic E-state index is 12.6. The standard InChI is InChI=1S/C19H25NO5/c1-11(2)23-7-8-25-19(22)18-12(3)17-14(20-18)9-13(10-15(17)21)16-5-4-6-24-16/h4-6,11,13-14,17,20H,7-10H2,1-3H3. The molecule has 3 rings (SSSR count). The number of furan rings is 1. The molecule has 0 radical (unpaired) electrons. The van der Waals surface area contributed by atoms with Crippen LogP contribution in [0.4, 0.5) is 0 Å². The van der Waals surface area contributed by atoms with Gasteiger partial charge in [0.1, 0.15) is 23.8 Å². The van der Waals surface area contributed by atoms with Crippen molar-refractivity contribution in [1.82, 2.24) is 5.32 Å². The Morgan fingerprint density at radius 3 is 2.88 bits per heavy atom. The Morgan fingerprint density at radius 2 is 2.20 bits per heavy atom. The number of ether oxygens (including phenoxy) is 2. The minimum absolute atomic E-state index is 0.0545. The number of nitrogens with one attached hydrogen (secondary N) is 1. The fourth-order valence-electron chi connectivity index (χ4n) is 3.71. The highest BCUT2D eigenvalue weighted by molar-refractivity contribution is 5.94. The highest BCUT2D eigenvalue weighted by atomic mass is 16.6. The molecular weight excluding hydrogens is 322 g/mol. The van der Waals surface area contributed by atoms with Crippen molar-refractivity contribution in [2.75, 3.05) is 13.2 Å². The molecule has 1 aliphatic heterocycles. The summed E-state index contributed by atoms with van der Waals surface area (Å²) < 4.78 is 16.1. The predicted molar refractivity (Wildman–Crippen MR) is 90.9 cm³/mol. The van der Waals surface area contributed by atoms with Crippen LogP contribution in [-0.4, -0.2) is 37.1 Å². The van der Waals surface area contributed by atoms with Crippen LogP contribution in [0.2, 0.25) is 0 Å². The van der Waals surface area contributed by atoms with Gasteiger partial charge in [0.25, 0.3) is 0 Å². The van der Waals surface area contributed by atoms with E-state index < -0.39 is 5.97 Å². The summed E-state index contributed by atoms with van der Waals surface area (Å²) in [5.74, 6) is 0.364. The Morgan fingerprint density at radius 1 is 1.40 bits per heavy atom. The van der Waals surface area contributed by atoms with Gasteiger partial charge in [0.15, 0.2) is 0 Å². The number of rotatable bonds is 6. The average Bonchev–Trinajstić information content (AvgIpc) is 3.19. The fourth-order valence-corrected chi connectivity index (χ4v) is 3.71. The molecule has 1 saturated carbocycles. The van der Waals surface area contributed by atoms with E-state index in [1.165, 1.54) is 0 Å². The molecule has 0 spiro atoms.